The second-order valence-electron chi connectivity index (χ2n) is 8.08. The Morgan fingerprint density at radius 3 is 2.62 bits per heavy atom. The maximum absolute atomic E-state index is 12.4. The fourth-order valence-electron chi connectivity index (χ4n) is 3.20. The molecule has 0 spiro atoms. The molecule has 0 radical (unpaired) electrons. The Morgan fingerprint density at radius 2 is 2.08 bits per heavy atom. The van der Waals surface area contributed by atoms with Crippen LogP contribution in [0.1, 0.15) is 57.7 Å². The second-order valence-corrected chi connectivity index (χ2v) is 8.94. The third kappa shape index (κ3) is 4.12. The maximum Gasteiger partial charge on any atom is 0.410 e. The summed E-state index contributed by atoms with van der Waals surface area (Å²) in [6.45, 7) is 9.44. The van der Waals surface area contributed by atoms with Crippen molar-refractivity contribution in [2.75, 3.05) is 24.5 Å². The molecule has 0 N–H and O–H groups in total. The molecule has 0 bridgehead atoms. The number of ether oxygens (including phenoxy) is 1. The van der Waals surface area contributed by atoms with Crippen LogP contribution < -0.4 is 4.90 Å². The summed E-state index contributed by atoms with van der Waals surface area (Å²) >= 11 is 3.55. The van der Waals surface area contributed by atoms with Crippen molar-refractivity contribution in [2.45, 2.75) is 58.1 Å². The zero-order valence-electron chi connectivity index (χ0n) is 15.8. The van der Waals surface area contributed by atoms with E-state index in [1.165, 1.54) is 0 Å². The molecular weight excluding hydrogens is 396 g/mol. The molecule has 6 nitrogen and oxygen atoms in total. The van der Waals surface area contributed by atoms with Crippen molar-refractivity contribution in [1.29, 1.82) is 5.26 Å². The molecule has 3 rings (SSSR count). The average molecular weight is 421 g/mol. The number of amides is 1. The lowest BCUT2D eigenvalue weighted by Crippen LogP contribution is -2.55. The Labute approximate surface area is 163 Å². The number of nitriles is 1. The van der Waals surface area contributed by atoms with Crippen LogP contribution in [0.3, 0.4) is 0 Å². The Bertz CT molecular complexity index is 749. The van der Waals surface area contributed by atoms with Gasteiger partial charge in [0.15, 0.2) is 0 Å². The number of aromatic nitrogens is 1. The normalized spacial score (nSPS) is 20.7. The summed E-state index contributed by atoms with van der Waals surface area (Å²) in [7, 11) is 0. The molecular formula is C19H25BrN4O2. The number of carbonyl (C=O) groups excluding carboxylic acids is 1. The third-order valence-corrected chi connectivity index (χ3v) is 5.26. The molecule has 1 aliphatic carbocycles. The molecule has 1 aromatic rings. The minimum absolute atomic E-state index is 0.0139. The first-order valence-corrected chi connectivity index (χ1v) is 9.84. The Hall–Kier alpha value is -1.81. The third-order valence-electron chi connectivity index (χ3n) is 4.62. The molecule has 0 aromatic carbocycles. The minimum Gasteiger partial charge on any atom is -0.444 e. The van der Waals surface area contributed by atoms with E-state index in [1.54, 1.807) is 4.90 Å². The number of carbonyl (C=O) groups is 1. The largest absolute Gasteiger partial charge is 0.444 e. The highest BCUT2D eigenvalue weighted by molar-refractivity contribution is 9.10. The van der Waals surface area contributed by atoms with E-state index < -0.39 is 5.60 Å². The standard InChI is InChI=1S/C19H25BrN4O2/c1-12-11-23(7-8-24(12)18(25)26-19(2,3)4)17-14(10-21)9-15(20)16(22-17)13-5-6-13/h9,12-13H,5-8,11H2,1-4H3. The first-order valence-electron chi connectivity index (χ1n) is 9.04. The van der Waals surface area contributed by atoms with Crippen molar-refractivity contribution < 1.29 is 9.53 Å². The van der Waals surface area contributed by atoms with E-state index >= 15 is 0 Å². The fourth-order valence-corrected chi connectivity index (χ4v) is 3.84. The van der Waals surface area contributed by atoms with E-state index in [0.717, 1.165) is 28.8 Å². The van der Waals surface area contributed by atoms with Gasteiger partial charge in [0.25, 0.3) is 0 Å². The highest BCUT2D eigenvalue weighted by atomic mass is 79.9. The summed E-state index contributed by atoms with van der Waals surface area (Å²) in [5.74, 6) is 1.23. The quantitative estimate of drug-likeness (QED) is 0.721. The predicted octanol–water partition coefficient (Wildman–Crippen LogP) is 4.04. The van der Waals surface area contributed by atoms with Crippen molar-refractivity contribution in [3.8, 4) is 6.07 Å². The number of pyridine rings is 1. The topological polar surface area (TPSA) is 69.5 Å². The van der Waals surface area contributed by atoms with Crippen LogP contribution in [-0.2, 0) is 4.74 Å². The van der Waals surface area contributed by atoms with Crippen molar-refractivity contribution in [3.05, 3.63) is 21.8 Å². The van der Waals surface area contributed by atoms with Crippen LogP contribution in [0, 0.1) is 11.3 Å². The molecule has 140 valence electrons. The van der Waals surface area contributed by atoms with E-state index in [1.807, 2.05) is 33.8 Å². The molecule has 1 unspecified atom stereocenters. The van der Waals surface area contributed by atoms with Gasteiger partial charge in [0.05, 0.1) is 11.3 Å². The summed E-state index contributed by atoms with van der Waals surface area (Å²) in [6, 6.07) is 4.12. The molecule has 1 aromatic heterocycles. The number of nitrogens with zero attached hydrogens (tertiary/aromatic N) is 4. The zero-order chi connectivity index (χ0) is 19.1. The van der Waals surface area contributed by atoms with Crippen molar-refractivity contribution >= 4 is 27.8 Å². The lowest BCUT2D eigenvalue weighted by molar-refractivity contribution is 0.0158. The number of hydrogen-bond acceptors (Lipinski definition) is 5. The van der Waals surface area contributed by atoms with Crippen LogP contribution in [0.25, 0.3) is 0 Å². The summed E-state index contributed by atoms with van der Waals surface area (Å²) < 4.78 is 6.42. The van der Waals surface area contributed by atoms with Gasteiger partial charge in [-0.15, -0.1) is 0 Å². The van der Waals surface area contributed by atoms with Crippen molar-refractivity contribution in [2.24, 2.45) is 0 Å². The van der Waals surface area contributed by atoms with Gasteiger partial charge >= 0.3 is 6.09 Å². The summed E-state index contributed by atoms with van der Waals surface area (Å²) in [5, 5.41) is 9.53. The number of anilines is 1. The molecule has 1 atom stereocenters. The van der Waals surface area contributed by atoms with Crippen LogP contribution in [0.5, 0.6) is 0 Å². The molecule has 1 aliphatic heterocycles. The number of halogens is 1. The fraction of sp³-hybridized carbons (Fsp3) is 0.632. The lowest BCUT2D eigenvalue weighted by Gasteiger charge is -2.41. The van der Waals surface area contributed by atoms with Crippen LogP contribution in [-0.4, -0.2) is 47.3 Å². The monoisotopic (exact) mass is 420 g/mol. The Kier molecular flexibility index (Phi) is 5.16. The van der Waals surface area contributed by atoms with Gasteiger partial charge in [-0.2, -0.15) is 5.26 Å². The predicted molar refractivity (Wildman–Crippen MR) is 103 cm³/mol. The maximum atomic E-state index is 12.4. The highest BCUT2D eigenvalue weighted by Gasteiger charge is 2.34. The smallest absolute Gasteiger partial charge is 0.410 e. The summed E-state index contributed by atoms with van der Waals surface area (Å²) in [4.78, 5) is 21.1. The molecule has 1 saturated heterocycles. The van der Waals surface area contributed by atoms with Crippen LogP contribution in [0.4, 0.5) is 10.6 Å². The SMILES string of the molecule is CC1CN(c2nc(C3CC3)c(Br)cc2C#N)CCN1C(=O)OC(C)(C)C. The molecule has 1 amide bonds. The van der Waals surface area contributed by atoms with Gasteiger partial charge < -0.3 is 14.5 Å². The molecule has 2 aliphatic rings. The van der Waals surface area contributed by atoms with E-state index in [4.69, 9.17) is 9.72 Å². The average Bonchev–Trinajstić information content (AvgIpc) is 3.37. The lowest BCUT2D eigenvalue weighted by atomic mass is 10.1. The van der Waals surface area contributed by atoms with Gasteiger partial charge in [-0.1, -0.05) is 0 Å². The van der Waals surface area contributed by atoms with Gasteiger partial charge in [0.1, 0.15) is 17.5 Å². The van der Waals surface area contributed by atoms with E-state index in [2.05, 4.69) is 26.9 Å². The van der Waals surface area contributed by atoms with Gasteiger partial charge in [0, 0.05) is 36.1 Å². The number of hydrogen-bond donors (Lipinski definition) is 0. The van der Waals surface area contributed by atoms with Crippen LogP contribution in [0.15, 0.2) is 10.5 Å². The molecule has 2 fully saturated rings. The van der Waals surface area contributed by atoms with Gasteiger partial charge in [0.2, 0.25) is 0 Å². The van der Waals surface area contributed by atoms with E-state index in [9.17, 15) is 10.1 Å². The zero-order valence-corrected chi connectivity index (χ0v) is 17.3. The van der Waals surface area contributed by atoms with Gasteiger partial charge in [-0.05, 0) is 62.5 Å². The van der Waals surface area contributed by atoms with Crippen LogP contribution >= 0.6 is 15.9 Å². The van der Waals surface area contributed by atoms with Gasteiger partial charge in [-0.25, -0.2) is 9.78 Å². The van der Waals surface area contributed by atoms with Gasteiger partial charge in [-0.3, -0.25) is 0 Å². The molecule has 1 saturated carbocycles. The Morgan fingerprint density at radius 1 is 1.38 bits per heavy atom. The first-order chi connectivity index (χ1) is 12.2. The number of rotatable bonds is 2. The minimum atomic E-state index is -0.506. The van der Waals surface area contributed by atoms with Crippen molar-refractivity contribution in [1.82, 2.24) is 9.88 Å². The Balaban J connectivity index is 1.78. The van der Waals surface area contributed by atoms with E-state index in [-0.39, 0.29) is 12.1 Å². The van der Waals surface area contributed by atoms with E-state index in [0.29, 0.717) is 31.1 Å². The highest BCUT2D eigenvalue weighted by Crippen LogP contribution is 2.43. The first kappa shape index (κ1) is 19.0. The summed E-state index contributed by atoms with van der Waals surface area (Å²) in [5.41, 5.74) is 1.11. The molecule has 7 heteroatoms. The molecule has 2 heterocycles. The van der Waals surface area contributed by atoms with Crippen LogP contribution in [0.2, 0.25) is 0 Å². The number of piperazine rings is 1. The van der Waals surface area contributed by atoms with Crippen molar-refractivity contribution in [3.63, 3.8) is 0 Å². The molecule has 26 heavy (non-hydrogen) atoms. The second kappa shape index (κ2) is 7.07. The summed E-state index contributed by atoms with van der Waals surface area (Å²) in [6.07, 6.45) is 2.02.